The number of imidazole rings is 1. The van der Waals surface area contributed by atoms with Crippen LogP contribution in [0.5, 0.6) is 0 Å². The second kappa shape index (κ2) is 5.77. The highest BCUT2D eigenvalue weighted by molar-refractivity contribution is 7.99. The number of carboxylic acids is 1. The summed E-state index contributed by atoms with van der Waals surface area (Å²) in [4.78, 5) is 32.2. The van der Waals surface area contributed by atoms with Crippen molar-refractivity contribution >= 4 is 34.7 Å². The van der Waals surface area contributed by atoms with Crippen molar-refractivity contribution < 1.29 is 14.7 Å². The van der Waals surface area contributed by atoms with E-state index in [-0.39, 0.29) is 11.7 Å². The number of H-pyrrole nitrogens is 1. The van der Waals surface area contributed by atoms with Crippen LogP contribution in [0.2, 0.25) is 0 Å². The maximum Gasteiger partial charge on any atom is 0.326 e. The molecule has 0 saturated carbocycles. The summed E-state index contributed by atoms with van der Waals surface area (Å²) in [5.74, 6) is -0.871. The Morgan fingerprint density at radius 2 is 2.24 bits per heavy atom. The van der Waals surface area contributed by atoms with Gasteiger partial charge in [-0.25, -0.2) is 9.78 Å². The molecule has 1 aliphatic rings. The highest BCUT2D eigenvalue weighted by Gasteiger charge is 2.33. The number of aromatic nitrogens is 2. The van der Waals surface area contributed by atoms with E-state index in [9.17, 15) is 9.59 Å². The summed E-state index contributed by atoms with van der Waals surface area (Å²) in [6.45, 7) is 0.524. The number of carbonyl (C=O) groups is 2. The van der Waals surface area contributed by atoms with E-state index >= 15 is 0 Å². The molecule has 1 atom stereocenters. The largest absolute Gasteiger partial charge is 0.480 e. The van der Waals surface area contributed by atoms with Gasteiger partial charge >= 0.3 is 5.97 Å². The third-order valence-electron chi connectivity index (χ3n) is 3.56. The zero-order valence-corrected chi connectivity index (χ0v) is 12.1. The van der Waals surface area contributed by atoms with Gasteiger partial charge in [0.25, 0.3) is 0 Å². The molecule has 1 aromatic heterocycles. The van der Waals surface area contributed by atoms with E-state index in [1.807, 2.05) is 24.3 Å². The monoisotopic (exact) mass is 305 g/mol. The molecule has 110 valence electrons. The van der Waals surface area contributed by atoms with Crippen molar-refractivity contribution in [2.24, 2.45) is 0 Å². The van der Waals surface area contributed by atoms with Crippen LogP contribution in [0, 0.1) is 0 Å². The third kappa shape index (κ3) is 2.87. The van der Waals surface area contributed by atoms with Crippen LogP contribution in [0.25, 0.3) is 11.0 Å². The zero-order valence-electron chi connectivity index (χ0n) is 11.3. The molecule has 0 unspecified atom stereocenters. The van der Waals surface area contributed by atoms with Gasteiger partial charge in [-0.1, -0.05) is 23.9 Å². The number of carboxylic acid groups (broad SMARTS) is 1. The number of aromatic amines is 1. The van der Waals surface area contributed by atoms with E-state index < -0.39 is 12.0 Å². The molecule has 1 aliphatic heterocycles. The maximum atomic E-state index is 12.1. The van der Waals surface area contributed by atoms with E-state index in [0.717, 1.165) is 17.5 Å². The molecule has 2 aromatic rings. The van der Waals surface area contributed by atoms with Gasteiger partial charge < -0.3 is 15.0 Å². The topological polar surface area (TPSA) is 86.3 Å². The number of hydrogen-bond donors (Lipinski definition) is 2. The average molecular weight is 305 g/mol. The summed E-state index contributed by atoms with van der Waals surface area (Å²) in [5.41, 5.74) is 1.79. The number of carbonyl (C=O) groups excluding carboxylic acids is 1. The molecule has 3 rings (SSSR count). The average Bonchev–Trinajstić information content (AvgIpc) is 3.10. The van der Waals surface area contributed by atoms with Crippen LogP contribution in [-0.4, -0.2) is 50.2 Å². The van der Waals surface area contributed by atoms with Gasteiger partial charge in [-0.05, 0) is 25.0 Å². The van der Waals surface area contributed by atoms with Gasteiger partial charge in [0.15, 0.2) is 5.16 Å². The van der Waals surface area contributed by atoms with Crippen molar-refractivity contribution in [1.29, 1.82) is 0 Å². The fourth-order valence-electron chi connectivity index (χ4n) is 2.53. The summed E-state index contributed by atoms with van der Waals surface area (Å²) < 4.78 is 0. The number of rotatable bonds is 4. The Bertz CT molecular complexity index is 652. The predicted octanol–water partition coefficient (Wildman–Crippen LogP) is 1.73. The molecule has 1 fully saturated rings. The molecule has 7 heteroatoms. The number of nitrogens with zero attached hydrogens (tertiary/aromatic N) is 2. The lowest BCUT2D eigenvalue weighted by molar-refractivity contribution is -0.147. The lowest BCUT2D eigenvalue weighted by atomic mass is 10.2. The first-order chi connectivity index (χ1) is 10.1. The minimum atomic E-state index is -0.922. The van der Waals surface area contributed by atoms with E-state index in [1.165, 1.54) is 16.7 Å². The van der Waals surface area contributed by atoms with Crippen LogP contribution in [0.3, 0.4) is 0 Å². The molecule has 0 spiro atoms. The smallest absolute Gasteiger partial charge is 0.326 e. The summed E-state index contributed by atoms with van der Waals surface area (Å²) >= 11 is 1.30. The first-order valence-corrected chi connectivity index (χ1v) is 7.73. The molecule has 2 N–H and O–H groups in total. The van der Waals surface area contributed by atoms with E-state index in [4.69, 9.17) is 5.11 Å². The standard InChI is InChI=1S/C14H15N3O3S/c18-12(17-7-3-6-11(17)13(19)20)8-21-14-15-9-4-1-2-5-10(9)16-14/h1-2,4-5,11H,3,6-8H2,(H,15,16)(H,19,20)/t11-/m0/s1. The normalized spacial score (nSPS) is 18.3. The van der Waals surface area contributed by atoms with E-state index in [1.54, 1.807) is 0 Å². The molecule has 1 aromatic carbocycles. The fraction of sp³-hybridized carbons (Fsp3) is 0.357. The van der Waals surface area contributed by atoms with Crippen molar-refractivity contribution in [3.8, 4) is 0 Å². The first-order valence-electron chi connectivity index (χ1n) is 6.75. The quantitative estimate of drug-likeness (QED) is 0.840. The second-order valence-electron chi connectivity index (χ2n) is 4.93. The Morgan fingerprint density at radius 1 is 1.43 bits per heavy atom. The van der Waals surface area contributed by atoms with Crippen LogP contribution in [0.4, 0.5) is 0 Å². The van der Waals surface area contributed by atoms with Gasteiger partial charge in [-0.3, -0.25) is 4.79 Å². The van der Waals surface area contributed by atoms with Gasteiger partial charge in [0.2, 0.25) is 5.91 Å². The van der Waals surface area contributed by atoms with Crippen molar-refractivity contribution in [1.82, 2.24) is 14.9 Å². The fourth-order valence-corrected chi connectivity index (χ4v) is 3.30. The third-order valence-corrected chi connectivity index (χ3v) is 4.42. The van der Waals surface area contributed by atoms with Gasteiger partial charge in [-0.15, -0.1) is 0 Å². The van der Waals surface area contributed by atoms with Gasteiger partial charge in [0.05, 0.1) is 16.8 Å². The van der Waals surface area contributed by atoms with Crippen LogP contribution in [0.15, 0.2) is 29.4 Å². The Balaban J connectivity index is 1.64. The van der Waals surface area contributed by atoms with Crippen LogP contribution in [-0.2, 0) is 9.59 Å². The predicted molar refractivity (Wildman–Crippen MR) is 79.2 cm³/mol. The first kappa shape index (κ1) is 13.9. The summed E-state index contributed by atoms with van der Waals surface area (Å²) in [6, 6.07) is 6.98. The number of benzene rings is 1. The highest BCUT2D eigenvalue weighted by atomic mass is 32.2. The molecule has 0 radical (unpaired) electrons. The van der Waals surface area contributed by atoms with Crippen molar-refractivity contribution in [2.45, 2.75) is 24.0 Å². The Labute approximate surface area is 125 Å². The Morgan fingerprint density at radius 3 is 3.00 bits per heavy atom. The Hall–Kier alpha value is -2.02. The summed E-state index contributed by atoms with van der Waals surface area (Å²) in [7, 11) is 0. The zero-order chi connectivity index (χ0) is 14.8. The molecular weight excluding hydrogens is 290 g/mol. The molecule has 1 saturated heterocycles. The second-order valence-corrected chi connectivity index (χ2v) is 5.90. The van der Waals surface area contributed by atoms with E-state index in [0.29, 0.717) is 18.1 Å². The van der Waals surface area contributed by atoms with Gasteiger partial charge in [0, 0.05) is 6.54 Å². The van der Waals surface area contributed by atoms with Crippen LogP contribution < -0.4 is 0 Å². The maximum absolute atomic E-state index is 12.1. The van der Waals surface area contributed by atoms with Gasteiger partial charge in [0.1, 0.15) is 6.04 Å². The number of aliphatic carboxylic acids is 1. The van der Waals surface area contributed by atoms with Crippen LogP contribution in [0.1, 0.15) is 12.8 Å². The van der Waals surface area contributed by atoms with Crippen molar-refractivity contribution in [3.63, 3.8) is 0 Å². The Kier molecular flexibility index (Phi) is 3.83. The summed E-state index contributed by atoms with van der Waals surface area (Å²) in [5, 5.41) is 9.77. The highest BCUT2D eigenvalue weighted by Crippen LogP contribution is 2.22. The number of fused-ring (bicyclic) bond motifs is 1. The molecule has 6 nitrogen and oxygen atoms in total. The molecular formula is C14H15N3O3S. The molecule has 2 heterocycles. The van der Waals surface area contributed by atoms with Gasteiger partial charge in [-0.2, -0.15) is 0 Å². The van der Waals surface area contributed by atoms with Crippen molar-refractivity contribution in [3.05, 3.63) is 24.3 Å². The number of hydrogen-bond acceptors (Lipinski definition) is 4. The molecule has 0 bridgehead atoms. The lowest BCUT2D eigenvalue weighted by Gasteiger charge is -2.20. The molecule has 1 amide bonds. The molecule has 0 aliphatic carbocycles. The van der Waals surface area contributed by atoms with Crippen molar-refractivity contribution in [2.75, 3.05) is 12.3 Å². The number of nitrogens with one attached hydrogen (secondary N) is 1. The minimum Gasteiger partial charge on any atom is -0.480 e. The SMILES string of the molecule is O=C(O)[C@@H]1CCCN1C(=O)CSc1nc2ccccc2[nH]1. The number of thioether (sulfide) groups is 1. The van der Waals surface area contributed by atoms with Crippen LogP contribution >= 0.6 is 11.8 Å². The van der Waals surface area contributed by atoms with E-state index in [2.05, 4.69) is 9.97 Å². The number of amides is 1. The minimum absolute atomic E-state index is 0.148. The molecule has 21 heavy (non-hydrogen) atoms. The lowest BCUT2D eigenvalue weighted by Crippen LogP contribution is -2.41. The number of para-hydroxylation sites is 2. The number of likely N-dealkylation sites (tertiary alicyclic amines) is 1. The summed E-state index contributed by atoms with van der Waals surface area (Å²) in [6.07, 6.45) is 1.29.